The van der Waals surface area contributed by atoms with Gasteiger partial charge in [0.15, 0.2) is 6.29 Å². The van der Waals surface area contributed by atoms with E-state index in [0.717, 1.165) is 24.8 Å². The molecule has 0 radical (unpaired) electrons. The fraction of sp³-hybridized carbons (Fsp3) is 0.857. The average molecular weight is 258 g/mol. The van der Waals surface area contributed by atoms with Crippen molar-refractivity contribution in [2.24, 2.45) is 5.92 Å². The van der Waals surface area contributed by atoms with Crippen molar-refractivity contribution in [3.63, 3.8) is 0 Å². The first-order chi connectivity index (χ1) is 8.62. The highest BCUT2D eigenvalue weighted by Gasteiger charge is 2.30. The third-order valence-corrected chi connectivity index (χ3v) is 3.65. The Morgan fingerprint density at radius 3 is 2.72 bits per heavy atom. The summed E-state index contributed by atoms with van der Waals surface area (Å²) in [5.74, 6) is 0.446. The lowest BCUT2D eigenvalue weighted by molar-refractivity contribution is -0.210. The van der Waals surface area contributed by atoms with E-state index in [2.05, 4.69) is 6.92 Å². The maximum absolute atomic E-state index is 8.92. The summed E-state index contributed by atoms with van der Waals surface area (Å²) in [4.78, 5) is 0. The number of aliphatic hydroxyl groups excluding tert-OH is 1. The number of hydrogen-bond donors (Lipinski definition) is 1. The molecule has 1 aliphatic heterocycles. The number of aliphatic hydroxyl groups is 1. The summed E-state index contributed by atoms with van der Waals surface area (Å²) in [7, 11) is 3.38. The van der Waals surface area contributed by atoms with Crippen LogP contribution in [0.15, 0.2) is 11.6 Å². The average Bonchev–Trinajstić information content (AvgIpc) is 2.37. The Bertz CT molecular complexity index is 265. The molecule has 106 valence electrons. The van der Waals surface area contributed by atoms with Crippen LogP contribution < -0.4 is 0 Å². The number of methoxy groups -OCH3 is 2. The monoisotopic (exact) mass is 258 g/mol. The van der Waals surface area contributed by atoms with E-state index >= 15 is 0 Å². The normalized spacial score (nSPS) is 31.4. The van der Waals surface area contributed by atoms with Crippen molar-refractivity contribution < 1.29 is 19.3 Å². The second-order valence-electron chi connectivity index (χ2n) is 5.01. The molecule has 18 heavy (non-hydrogen) atoms. The lowest BCUT2D eigenvalue weighted by Crippen LogP contribution is -2.37. The summed E-state index contributed by atoms with van der Waals surface area (Å²) in [6.45, 7) is 4.17. The zero-order chi connectivity index (χ0) is 13.5. The van der Waals surface area contributed by atoms with E-state index in [1.807, 2.05) is 6.92 Å². The minimum atomic E-state index is -0.108. The molecule has 0 spiro atoms. The molecule has 0 amide bonds. The minimum absolute atomic E-state index is 0.00747. The van der Waals surface area contributed by atoms with Crippen LogP contribution >= 0.6 is 0 Å². The first-order valence-corrected chi connectivity index (χ1v) is 6.60. The Morgan fingerprint density at radius 1 is 1.44 bits per heavy atom. The van der Waals surface area contributed by atoms with Crippen LogP contribution in [0, 0.1) is 5.92 Å². The summed E-state index contributed by atoms with van der Waals surface area (Å²) >= 11 is 0. The van der Waals surface area contributed by atoms with E-state index in [9.17, 15) is 0 Å². The summed E-state index contributed by atoms with van der Waals surface area (Å²) in [6.07, 6.45) is 4.81. The van der Waals surface area contributed by atoms with Crippen molar-refractivity contribution in [2.75, 3.05) is 20.8 Å². The second kappa shape index (κ2) is 7.89. The molecule has 1 fully saturated rings. The predicted molar refractivity (Wildman–Crippen MR) is 70.3 cm³/mol. The molecule has 0 unspecified atom stereocenters. The van der Waals surface area contributed by atoms with E-state index < -0.39 is 0 Å². The molecule has 1 N–H and O–H groups in total. The van der Waals surface area contributed by atoms with Crippen LogP contribution in [0.1, 0.15) is 33.1 Å². The molecule has 0 aliphatic carbocycles. The van der Waals surface area contributed by atoms with Gasteiger partial charge in [-0.25, -0.2) is 0 Å². The highest BCUT2D eigenvalue weighted by Crippen LogP contribution is 2.28. The van der Waals surface area contributed by atoms with Crippen LogP contribution in [0.4, 0.5) is 0 Å². The van der Waals surface area contributed by atoms with Crippen LogP contribution in [0.3, 0.4) is 0 Å². The van der Waals surface area contributed by atoms with Gasteiger partial charge in [0.2, 0.25) is 0 Å². The van der Waals surface area contributed by atoms with Gasteiger partial charge in [-0.15, -0.1) is 0 Å². The highest BCUT2D eigenvalue weighted by molar-refractivity contribution is 5.05. The highest BCUT2D eigenvalue weighted by atomic mass is 16.7. The summed E-state index contributed by atoms with van der Waals surface area (Å²) in [5.41, 5.74) is 1.05. The van der Waals surface area contributed by atoms with Gasteiger partial charge in [-0.3, -0.25) is 0 Å². The fourth-order valence-electron chi connectivity index (χ4n) is 2.42. The van der Waals surface area contributed by atoms with Crippen molar-refractivity contribution in [1.82, 2.24) is 0 Å². The van der Waals surface area contributed by atoms with E-state index in [1.165, 1.54) is 0 Å². The molecular formula is C14H26O4. The standard InChI is InChI=1S/C14H26O4/c1-10(7-8-15)13(16-3)9-12-6-5-11(2)14(17-4)18-12/h7,11-15H,5-6,8-9H2,1-4H3/b10-7+/t11-,12+,13+,14+/m1/s1. The van der Waals surface area contributed by atoms with E-state index in [4.69, 9.17) is 19.3 Å². The molecule has 4 atom stereocenters. The molecule has 1 rings (SSSR count). The van der Waals surface area contributed by atoms with Crippen molar-refractivity contribution in [3.8, 4) is 0 Å². The smallest absolute Gasteiger partial charge is 0.160 e. The van der Waals surface area contributed by atoms with Crippen molar-refractivity contribution in [1.29, 1.82) is 0 Å². The largest absolute Gasteiger partial charge is 0.392 e. The van der Waals surface area contributed by atoms with Gasteiger partial charge >= 0.3 is 0 Å². The molecule has 1 heterocycles. The maximum Gasteiger partial charge on any atom is 0.160 e. The van der Waals surface area contributed by atoms with Gasteiger partial charge in [-0.1, -0.05) is 13.0 Å². The fourth-order valence-corrected chi connectivity index (χ4v) is 2.42. The SMILES string of the molecule is CO[C@H]1O[C@H](C[C@H](OC)/C(C)=C/CO)CC[C@H]1C. The van der Waals surface area contributed by atoms with Gasteiger partial charge in [-0.2, -0.15) is 0 Å². The number of ether oxygens (including phenoxy) is 3. The summed E-state index contributed by atoms with van der Waals surface area (Å²) < 4.78 is 16.7. The van der Waals surface area contributed by atoms with Crippen molar-refractivity contribution in [2.45, 2.75) is 51.6 Å². The Kier molecular flexibility index (Phi) is 6.86. The van der Waals surface area contributed by atoms with Crippen LogP contribution in [0.5, 0.6) is 0 Å². The van der Waals surface area contributed by atoms with Crippen molar-refractivity contribution >= 4 is 0 Å². The summed E-state index contributed by atoms with van der Waals surface area (Å²) in [6, 6.07) is 0. The molecule has 4 nitrogen and oxygen atoms in total. The Balaban J connectivity index is 2.52. The maximum atomic E-state index is 8.92. The van der Waals surface area contributed by atoms with Gasteiger partial charge in [-0.05, 0) is 25.3 Å². The van der Waals surface area contributed by atoms with E-state index in [-0.39, 0.29) is 25.1 Å². The molecule has 0 bridgehead atoms. The lowest BCUT2D eigenvalue weighted by atomic mass is 9.94. The Labute approximate surface area is 110 Å². The van der Waals surface area contributed by atoms with Gasteiger partial charge in [0, 0.05) is 26.6 Å². The molecule has 0 aromatic heterocycles. The van der Waals surface area contributed by atoms with E-state index in [0.29, 0.717) is 5.92 Å². The van der Waals surface area contributed by atoms with Crippen LogP contribution in [0.2, 0.25) is 0 Å². The van der Waals surface area contributed by atoms with Crippen LogP contribution in [-0.2, 0) is 14.2 Å². The Hall–Kier alpha value is -0.420. The topological polar surface area (TPSA) is 47.9 Å². The molecule has 1 aliphatic rings. The molecule has 1 saturated heterocycles. The minimum Gasteiger partial charge on any atom is -0.392 e. The van der Waals surface area contributed by atoms with Crippen molar-refractivity contribution in [3.05, 3.63) is 11.6 Å². The molecule has 0 aromatic rings. The lowest BCUT2D eigenvalue weighted by Gasteiger charge is -2.35. The number of rotatable bonds is 6. The van der Waals surface area contributed by atoms with Gasteiger partial charge < -0.3 is 19.3 Å². The van der Waals surface area contributed by atoms with E-state index in [1.54, 1.807) is 20.3 Å². The second-order valence-corrected chi connectivity index (χ2v) is 5.01. The third kappa shape index (κ3) is 4.35. The molecule has 4 heteroatoms. The molecule has 0 aromatic carbocycles. The third-order valence-electron chi connectivity index (χ3n) is 3.65. The first kappa shape index (κ1) is 15.6. The quantitative estimate of drug-likeness (QED) is 0.741. The Morgan fingerprint density at radius 2 is 2.17 bits per heavy atom. The predicted octanol–water partition coefficient (Wildman–Crippen LogP) is 2.12. The first-order valence-electron chi connectivity index (χ1n) is 6.60. The van der Waals surface area contributed by atoms with Crippen LogP contribution in [-0.4, -0.2) is 44.4 Å². The molecular weight excluding hydrogens is 232 g/mol. The molecule has 0 saturated carbocycles. The van der Waals surface area contributed by atoms with Gasteiger partial charge in [0.05, 0.1) is 18.8 Å². The zero-order valence-corrected chi connectivity index (χ0v) is 11.9. The van der Waals surface area contributed by atoms with Gasteiger partial charge in [0.1, 0.15) is 0 Å². The van der Waals surface area contributed by atoms with Gasteiger partial charge in [0.25, 0.3) is 0 Å². The van der Waals surface area contributed by atoms with Crippen LogP contribution in [0.25, 0.3) is 0 Å². The zero-order valence-electron chi connectivity index (χ0n) is 11.9. The summed E-state index contributed by atoms with van der Waals surface area (Å²) in [5, 5.41) is 8.92. The number of hydrogen-bond acceptors (Lipinski definition) is 4.